The molecule has 2 amide bonds. The number of urea groups is 1. The summed E-state index contributed by atoms with van der Waals surface area (Å²) in [4.78, 5) is 13.4. The van der Waals surface area contributed by atoms with E-state index in [0.29, 0.717) is 18.7 Å². The summed E-state index contributed by atoms with van der Waals surface area (Å²) in [5.74, 6) is -0.555. The summed E-state index contributed by atoms with van der Waals surface area (Å²) in [6.45, 7) is 4.84. The minimum Gasteiger partial charge on any atom is -0.389 e. The number of amides is 2. The Morgan fingerprint density at radius 2 is 2.06 bits per heavy atom. The van der Waals surface area contributed by atoms with Crippen molar-refractivity contribution in [3.8, 4) is 0 Å². The van der Waals surface area contributed by atoms with E-state index in [2.05, 4.69) is 5.32 Å². The van der Waals surface area contributed by atoms with Gasteiger partial charge in [-0.3, -0.25) is 0 Å². The molecule has 0 atom stereocenters. The van der Waals surface area contributed by atoms with Crippen LogP contribution in [0.25, 0.3) is 0 Å². The lowest BCUT2D eigenvalue weighted by Gasteiger charge is -2.19. The third-order valence-corrected chi connectivity index (χ3v) is 2.78. The Morgan fingerprint density at radius 1 is 1.44 bits per heavy atom. The second kappa shape index (κ2) is 6.30. The Labute approximate surface area is 111 Å². The summed E-state index contributed by atoms with van der Waals surface area (Å²) < 4.78 is 13.7. The van der Waals surface area contributed by atoms with Crippen molar-refractivity contribution in [2.75, 3.05) is 18.4 Å². The van der Waals surface area contributed by atoms with E-state index < -0.39 is 5.82 Å². The van der Waals surface area contributed by atoms with Crippen molar-refractivity contribution >= 4 is 28.9 Å². The lowest BCUT2D eigenvalue weighted by molar-refractivity contribution is 0.217. The number of rotatable bonds is 4. The van der Waals surface area contributed by atoms with E-state index in [4.69, 9.17) is 18.0 Å². The van der Waals surface area contributed by atoms with E-state index in [0.717, 1.165) is 0 Å². The van der Waals surface area contributed by atoms with Crippen molar-refractivity contribution in [1.29, 1.82) is 0 Å². The Kier molecular flexibility index (Phi) is 5.03. The first-order valence-corrected chi connectivity index (χ1v) is 6.05. The molecule has 0 aromatic heterocycles. The number of benzene rings is 1. The van der Waals surface area contributed by atoms with Gasteiger partial charge in [0.25, 0.3) is 0 Å². The molecule has 0 aliphatic rings. The maximum Gasteiger partial charge on any atom is 0.321 e. The topological polar surface area (TPSA) is 58.4 Å². The first-order chi connectivity index (χ1) is 8.49. The number of nitrogens with two attached hydrogens (primary N) is 1. The number of halogens is 1. The van der Waals surface area contributed by atoms with Gasteiger partial charge in [-0.2, -0.15) is 0 Å². The van der Waals surface area contributed by atoms with Gasteiger partial charge in [0.2, 0.25) is 0 Å². The average Bonchev–Trinajstić information content (AvgIpc) is 2.33. The fraction of sp³-hybridized carbons (Fsp3) is 0.333. The lowest BCUT2D eigenvalue weighted by Crippen LogP contribution is -2.34. The molecule has 0 aliphatic carbocycles. The molecule has 98 valence electrons. The van der Waals surface area contributed by atoms with E-state index in [9.17, 15) is 9.18 Å². The molecule has 4 nitrogen and oxygen atoms in total. The quantitative estimate of drug-likeness (QED) is 0.825. The standard InChI is InChI=1S/C12H16FN3OS/c1-3-16(4-2)12(17)15-10-6-5-8(11(14)18)7-9(10)13/h5-7H,3-4H2,1-2H3,(H2,14,18)(H,15,17). The van der Waals surface area contributed by atoms with Crippen molar-refractivity contribution in [1.82, 2.24) is 4.90 Å². The number of nitrogens with zero attached hydrogens (tertiary/aromatic N) is 1. The highest BCUT2D eigenvalue weighted by Gasteiger charge is 2.12. The van der Waals surface area contributed by atoms with Crippen molar-refractivity contribution in [3.63, 3.8) is 0 Å². The van der Waals surface area contributed by atoms with Crippen LogP contribution in [0.15, 0.2) is 18.2 Å². The molecule has 0 heterocycles. The van der Waals surface area contributed by atoms with Gasteiger partial charge in [-0.05, 0) is 32.0 Å². The van der Waals surface area contributed by atoms with Gasteiger partial charge in [-0.25, -0.2) is 9.18 Å². The van der Waals surface area contributed by atoms with Crippen LogP contribution in [0.5, 0.6) is 0 Å². The highest BCUT2D eigenvalue weighted by Crippen LogP contribution is 2.16. The van der Waals surface area contributed by atoms with Crippen LogP contribution in [0.2, 0.25) is 0 Å². The molecule has 0 aliphatic heterocycles. The molecule has 0 saturated carbocycles. The molecule has 1 aromatic carbocycles. The number of anilines is 1. The molecule has 0 fully saturated rings. The minimum atomic E-state index is -0.555. The highest BCUT2D eigenvalue weighted by atomic mass is 32.1. The number of hydrogen-bond donors (Lipinski definition) is 2. The van der Waals surface area contributed by atoms with Crippen LogP contribution in [0.1, 0.15) is 19.4 Å². The van der Waals surface area contributed by atoms with Crippen LogP contribution >= 0.6 is 12.2 Å². The largest absolute Gasteiger partial charge is 0.389 e. The predicted molar refractivity (Wildman–Crippen MR) is 74.2 cm³/mol. The molecule has 0 unspecified atom stereocenters. The predicted octanol–water partition coefficient (Wildman–Crippen LogP) is 2.33. The van der Waals surface area contributed by atoms with E-state index in [-0.39, 0.29) is 16.7 Å². The van der Waals surface area contributed by atoms with Gasteiger partial charge in [0.1, 0.15) is 10.8 Å². The Bertz CT molecular complexity index is 461. The normalized spacial score (nSPS) is 9.94. The lowest BCUT2D eigenvalue weighted by atomic mass is 10.2. The zero-order valence-corrected chi connectivity index (χ0v) is 11.2. The molecule has 1 aromatic rings. The van der Waals surface area contributed by atoms with Gasteiger partial charge in [0.15, 0.2) is 0 Å². The Balaban J connectivity index is 2.86. The summed E-state index contributed by atoms with van der Waals surface area (Å²) in [7, 11) is 0. The van der Waals surface area contributed by atoms with Crippen LogP contribution < -0.4 is 11.1 Å². The highest BCUT2D eigenvalue weighted by molar-refractivity contribution is 7.80. The molecule has 3 N–H and O–H groups in total. The van der Waals surface area contributed by atoms with E-state index in [1.165, 1.54) is 12.1 Å². The van der Waals surface area contributed by atoms with Gasteiger partial charge in [-0.15, -0.1) is 0 Å². The minimum absolute atomic E-state index is 0.118. The summed E-state index contributed by atoms with van der Waals surface area (Å²) in [5, 5.41) is 2.51. The monoisotopic (exact) mass is 269 g/mol. The number of carbonyl (C=O) groups excluding carboxylic acids is 1. The molecule has 0 saturated heterocycles. The summed E-state index contributed by atoms with van der Waals surface area (Å²) in [6.07, 6.45) is 0. The molecule has 0 radical (unpaired) electrons. The molecule has 0 spiro atoms. The van der Waals surface area contributed by atoms with E-state index in [1.807, 2.05) is 13.8 Å². The van der Waals surface area contributed by atoms with Gasteiger partial charge in [0.05, 0.1) is 5.69 Å². The second-order valence-electron chi connectivity index (χ2n) is 3.66. The smallest absolute Gasteiger partial charge is 0.321 e. The first-order valence-electron chi connectivity index (χ1n) is 5.64. The maximum absolute atomic E-state index is 13.7. The van der Waals surface area contributed by atoms with E-state index in [1.54, 1.807) is 11.0 Å². The van der Waals surface area contributed by atoms with Crippen molar-refractivity contribution in [2.24, 2.45) is 5.73 Å². The Hall–Kier alpha value is -1.69. The molecule has 0 bridgehead atoms. The summed E-state index contributed by atoms with van der Waals surface area (Å²) in [5.41, 5.74) is 5.95. The van der Waals surface area contributed by atoms with Crippen LogP contribution in [0.4, 0.5) is 14.9 Å². The Morgan fingerprint density at radius 3 is 2.50 bits per heavy atom. The van der Waals surface area contributed by atoms with Crippen LogP contribution in [-0.2, 0) is 0 Å². The molecule has 18 heavy (non-hydrogen) atoms. The van der Waals surface area contributed by atoms with Gasteiger partial charge in [-0.1, -0.05) is 12.2 Å². The van der Waals surface area contributed by atoms with Crippen molar-refractivity contribution in [2.45, 2.75) is 13.8 Å². The molecular formula is C12H16FN3OS. The third-order valence-electron chi connectivity index (χ3n) is 2.55. The number of hydrogen-bond acceptors (Lipinski definition) is 2. The van der Waals surface area contributed by atoms with Crippen molar-refractivity contribution in [3.05, 3.63) is 29.6 Å². The summed E-state index contributed by atoms with van der Waals surface area (Å²) in [6, 6.07) is 3.90. The van der Waals surface area contributed by atoms with Crippen LogP contribution in [0, 0.1) is 5.82 Å². The second-order valence-corrected chi connectivity index (χ2v) is 4.10. The van der Waals surface area contributed by atoms with Crippen molar-refractivity contribution < 1.29 is 9.18 Å². The molecule has 1 rings (SSSR count). The zero-order valence-electron chi connectivity index (χ0n) is 10.4. The van der Waals surface area contributed by atoms with Gasteiger partial charge < -0.3 is 16.0 Å². The average molecular weight is 269 g/mol. The SMILES string of the molecule is CCN(CC)C(=O)Nc1ccc(C(N)=S)cc1F. The zero-order chi connectivity index (χ0) is 13.7. The number of thiocarbonyl (C=S) groups is 1. The molecule has 6 heteroatoms. The number of nitrogens with one attached hydrogen (secondary N) is 1. The fourth-order valence-corrected chi connectivity index (χ4v) is 1.60. The fourth-order valence-electron chi connectivity index (χ4n) is 1.47. The molecular weight excluding hydrogens is 253 g/mol. The summed E-state index contributed by atoms with van der Waals surface area (Å²) >= 11 is 4.75. The van der Waals surface area contributed by atoms with Gasteiger partial charge in [0, 0.05) is 18.7 Å². The van der Waals surface area contributed by atoms with Crippen LogP contribution in [0.3, 0.4) is 0 Å². The maximum atomic E-state index is 13.7. The first kappa shape index (κ1) is 14.4. The third kappa shape index (κ3) is 3.40. The van der Waals surface area contributed by atoms with E-state index >= 15 is 0 Å². The van der Waals surface area contributed by atoms with Gasteiger partial charge >= 0.3 is 6.03 Å². The van der Waals surface area contributed by atoms with Crippen LogP contribution in [-0.4, -0.2) is 29.0 Å². The number of carbonyl (C=O) groups is 1.